The number of aromatic nitrogens is 2. The molecule has 35 heavy (non-hydrogen) atoms. The van der Waals surface area contributed by atoms with Crippen molar-refractivity contribution in [3.63, 3.8) is 0 Å². The van der Waals surface area contributed by atoms with Crippen LogP contribution in [0.4, 0.5) is 10.5 Å². The average Bonchev–Trinajstić information content (AvgIpc) is 2.80. The highest BCUT2D eigenvalue weighted by Gasteiger charge is 2.04. The first-order chi connectivity index (χ1) is 16.8. The molecule has 0 fully saturated rings. The van der Waals surface area contributed by atoms with Gasteiger partial charge in [-0.2, -0.15) is 5.10 Å². The third-order valence-corrected chi connectivity index (χ3v) is 4.82. The molecule has 0 aliphatic carbocycles. The van der Waals surface area contributed by atoms with Crippen molar-refractivity contribution >= 4 is 11.8 Å². The van der Waals surface area contributed by atoms with Gasteiger partial charge in [0.05, 0.1) is 32.1 Å². The quantitative estimate of drug-likeness (QED) is 0.461. The molecule has 0 spiro atoms. The number of amides is 1. The predicted octanol–water partition coefficient (Wildman–Crippen LogP) is 4.24. The Balaban J connectivity index is 0.000000269. The lowest BCUT2D eigenvalue weighted by atomic mass is 10.1. The standard InChI is InChI=1S/C15H17N3O3.C12H19NO/c1-3-21-15(20)16-13-6-4-5-12(9-13)10-18-14(19)8-7-11(2)17-18;1-11-5-4-6-12(9-11)10-14-8-7-13(2)3/h4-9H,3,10H2,1-2H3,(H,16,20);4-6,9H,7-8,10H2,1-3H3. The topological polar surface area (TPSA) is 85.7 Å². The van der Waals surface area contributed by atoms with E-state index in [0.717, 1.165) is 31.0 Å². The first kappa shape index (κ1) is 27.8. The molecule has 0 saturated heterocycles. The van der Waals surface area contributed by atoms with E-state index in [9.17, 15) is 9.59 Å². The second-order valence-corrected chi connectivity index (χ2v) is 8.36. The number of hydrogen-bond acceptors (Lipinski definition) is 6. The largest absolute Gasteiger partial charge is 0.450 e. The lowest BCUT2D eigenvalue weighted by Crippen LogP contribution is -2.23. The van der Waals surface area contributed by atoms with Crippen LogP contribution in [0.25, 0.3) is 0 Å². The lowest BCUT2D eigenvalue weighted by Gasteiger charge is -2.09. The minimum Gasteiger partial charge on any atom is -0.450 e. The lowest BCUT2D eigenvalue weighted by molar-refractivity contribution is 0.105. The van der Waals surface area contributed by atoms with Gasteiger partial charge in [-0.05, 0) is 64.2 Å². The molecule has 188 valence electrons. The van der Waals surface area contributed by atoms with E-state index in [1.807, 2.05) is 13.0 Å². The van der Waals surface area contributed by atoms with E-state index in [2.05, 4.69) is 60.6 Å². The van der Waals surface area contributed by atoms with E-state index < -0.39 is 6.09 Å². The molecule has 0 aliphatic heterocycles. The van der Waals surface area contributed by atoms with Crippen LogP contribution in [0.2, 0.25) is 0 Å². The van der Waals surface area contributed by atoms with Crippen LogP contribution in [0.5, 0.6) is 0 Å². The Bertz CT molecular complexity index is 1130. The number of nitrogens with zero attached hydrogens (tertiary/aromatic N) is 3. The van der Waals surface area contributed by atoms with Crippen molar-refractivity contribution in [2.24, 2.45) is 0 Å². The van der Waals surface area contributed by atoms with Crippen LogP contribution < -0.4 is 10.9 Å². The maximum atomic E-state index is 11.7. The van der Waals surface area contributed by atoms with Crippen LogP contribution in [-0.4, -0.2) is 54.6 Å². The summed E-state index contributed by atoms with van der Waals surface area (Å²) in [6.07, 6.45) is -0.500. The molecule has 0 radical (unpaired) electrons. The van der Waals surface area contributed by atoms with E-state index in [0.29, 0.717) is 18.8 Å². The van der Waals surface area contributed by atoms with E-state index >= 15 is 0 Å². The number of ether oxygens (including phenoxy) is 2. The van der Waals surface area contributed by atoms with Crippen LogP contribution >= 0.6 is 0 Å². The molecule has 8 heteroatoms. The fourth-order valence-electron chi connectivity index (χ4n) is 3.11. The maximum absolute atomic E-state index is 11.7. The summed E-state index contributed by atoms with van der Waals surface area (Å²) >= 11 is 0. The van der Waals surface area contributed by atoms with Crippen molar-refractivity contribution in [1.29, 1.82) is 0 Å². The van der Waals surface area contributed by atoms with Gasteiger partial charge in [-0.3, -0.25) is 10.1 Å². The Kier molecular flexibility index (Phi) is 11.7. The summed E-state index contributed by atoms with van der Waals surface area (Å²) in [5, 5.41) is 6.81. The summed E-state index contributed by atoms with van der Waals surface area (Å²) in [4.78, 5) is 25.2. The maximum Gasteiger partial charge on any atom is 0.411 e. The van der Waals surface area contributed by atoms with Gasteiger partial charge in [0.2, 0.25) is 0 Å². The van der Waals surface area contributed by atoms with Crippen molar-refractivity contribution in [3.8, 4) is 0 Å². The fraction of sp³-hybridized carbons (Fsp3) is 0.370. The van der Waals surface area contributed by atoms with Gasteiger partial charge in [0.25, 0.3) is 5.56 Å². The van der Waals surface area contributed by atoms with Gasteiger partial charge in [-0.1, -0.05) is 42.0 Å². The fourth-order valence-corrected chi connectivity index (χ4v) is 3.11. The van der Waals surface area contributed by atoms with Crippen molar-refractivity contribution in [2.45, 2.75) is 33.9 Å². The van der Waals surface area contributed by atoms with E-state index in [1.165, 1.54) is 21.9 Å². The monoisotopic (exact) mass is 480 g/mol. The molecule has 3 aromatic rings. The molecule has 0 saturated carbocycles. The van der Waals surface area contributed by atoms with Gasteiger partial charge in [-0.25, -0.2) is 9.48 Å². The number of hydrogen-bond donors (Lipinski definition) is 1. The summed E-state index contributed by atoms with van der Waals surface area (Å²) < 4.78 is 11.8. The van der Waals surface area contributed by atoms with Crippen LogP contribution in [0.1, 0.15) is 29.3 Å². The van der Waals surface area contributed by atoms with Gasteiger partial charge in [-0.15, -0.1) is 0 Å². The van der Waals surface area contributed by atoms with Crippen LogP contribution in [0.15, 0.2) is 65.5 Å². The molecular formula is C27H36N4O4. The van der Waals surface area contributed by atoms with E-state index in [4.69, 9.17) is 9.47 Å². The molecule has 1 amide bonds. The third-order valence-electron chi connectivity index (χ3n) is 4.82. The molecule has 1 N–H and O–H groups in total. The summed E-state index contributed by atoms with van der Waals surface area (Å²) in [6.45, 7) is 8.82. The first-order valence-corrected chi connectivity index (χ1v) is 11.6. The Morgan fingerprint density at radius 1 is 1.03 bits per heavy atom. The third kappa shape index (κ3) is 11.0. The molecule has 0 bridgehead atoms. The zero-order valence-electron chi connectivity index (χ0n) is 21.3. The highest BCUT2D eigenvalue weighted by molar-refractivity contribution is 5.84. The molecule has 0 unspecified atom stereocenters. The summed E-state index contributed by atoms with van der Waals surface area (Å²) in [6, 6.07) is 18.8. The summed E-state index contributed by atoms with van der Waals surface area (Å²) in [5.41, 5.74) is 4.64. The highest BCUT2D eigenvalue weighted by atomic mass is 16.5. The van der Waals surface area contributed by atoms with Gasteiger partial charge >= 0.3 is 6.09 Å². The van der Waals surface area contributed by atoms with Crippen molar-refractivity contribution < 1.29 is 14.3 Å². The first-order valence-electron chi connectivity index (χ1n) is 11.6. The van der Waals surface area contributed by atoms with Crippen LogP contribution in [0, 0.1) is 13.8 Å². The Morgan fingerprint density at radius 2 is 1.77 bits per heavy atom. The van der Waals surface area contributed by atoms with Crippen molar-refractivity contribution in [2.75, 3.05) is 39.2 Å². The van der Waals surface area contributed by atoms with Crippen molar-refractivity contribution in [1.82, 2.24) is 14.7 Å². The average molecular weight is 481 g/mol. The normalized spacial score (nSPS) is 10.5. The summed E-state index contributed by atoms with van der Waals surface area (Å²) in [7, 11) is 4.10. The zero-order valence-corrected chi connectivity index (χ0v) is 21.3. The molecule has 8 nitrogen and oxygen atoms in total. The van der Waals surface area contributed by atoms with Gasteiger partial charge in [0.1, 0.15) is 0 Å². The molecule has 1 heterocycles. The van der Waals surface area contributed by atoms with Crippen molar-refractivity contribution in [3.05, 3.63) is 93.4 Å². The number of anilines is 1. The number of carbonyl (C=O) groups excluding carboxylic acids is 1. The minimum atomic E-state index is -0.500. The van der Waals surface area contributed by atoms with Gasteiger partial charge in [0, 0.05) is 18.3 Å². The molecule has 2 aromatic carbocycles. The number of carbonyl (C=O) groups is 1. The molecule has 3 rings (SSSR count). The number of nitrogens with one attached hydrogen (secondary N) is 1. The molecule has 0 atom stereocenters. The van der Waals surface area contributed by atoms with Gasteiger partial charge < -0.3 is 14.4 Å². The number of rotatable bonds is 9. The number of benzene rings is 2. The molecular weight excluding hydrogens is 444 g/mol. The van der Waals surface area contributed by atoms with Gasteiger partial charge in [0.15, 0.2) is 0 Å². The number of aryl methyl sites for hydroxylation is 2. The SMILES string of the molecule is CCOC(=O)Nc1cccc(Cn2nc(C)ccc2=O)c1.Cc1cccc(COCCN(C)C)c1. The van der Waals surface area contributed by atoms with Crippen LogP contribution in [-0.2, 0) is 22.6 Å². The second kappa shape index (κ2) is 14.7. The predicted molar refractivity (Wildman–Crippen MR) is 139 cm³/mol. The Morgan fingerprint density at radius 3 is 2.49 bits per heavy atom. The van der Waals surface area contributed by atoms with Crippen LogP contribution in [0.3, 0.4) is 0 Å². The minimum absolute atomic E-state index is 0.163. The molecule has 0 aliphatic rings. The zero-order chi connectivity index (χ0) is 25.6. The second-order valence-electron chi connectivity index (χ2n) is 8.36. The Hall–Kier alpha value is -3.49. The van der Waals surface area contributed by atoms with E-state index in [-0.39, 0.29) is 5.56 Å². The van der Waals surface area contributed by atoms with E-state index in [1.54, 1.807) is 31.2 Å². The summed E-state index contributed by atoms with van der Waals surface area (Å²) in [5.74, 6) is 0. The number of likely N-dealkylation sites (N-methyl/N-ethyl adjacent to an activating group) is 1. The highest BCUT2D eigenvalue weighted by Crippen LogP contribution is 2.11. The molecule has 1 aromatic heterocycles. The smallest absolute Gasteiger partial charge is 0.411 e. The Labute approximate surface area is 207 Å².